The maximum Gasteiger partial charge on any atom is 0.136 e. The third-order valence-corrected chi connectivity index (χ3v) is 13.5. The van der Waals surface area contributed by atoms with Crippen LogP contribution in [0.2, 0.25) is 0 Å². The SMILES string of the molecule is c1ccc(-c2nc3ccc(-c4ccc5cc(-c6ccc7cc(-c8ccc9c(c8)sc8ccccc89)ccc7c6)ccc5c4)cc3c3c2ccc2oc4ccccc4c23)cc1. The summed E-state index contributed by atoms with van der Waals surface area (Å²) in [5.74, 6) is 0. The Morgan fingerprint density at radius 1 is 0.317 bits per heavy atom. The van der Waals surface area contributed by atoms with E-state index in [1.54, 1.807) is 0 Å². The predicted molar refractivity (Wildman–Crippen MR) is 256 cm³/mol. The topological polar surface area (TPSA) is 26.0 Å². The zero-order valence-corrected chi connectivity index (χ0v) is 33.1. The van der Waals surface area contributed by atoms with Crippen molar-refractivity contribution in [2.75, 3.05) is 0 Å². The second kappa shape index (κ2) is 13.0. The van der Waals surface area contributed by atoms with Gasteiger partial charge in [-0.3, -0.25) is 0 Å². The molecule has 0 bridgehead atoms. The van der Waals surface area contributed by atoms with Crippen molar-refractivity contribution < 1.29 is 4.42 Å². The van der Waals surface area contributed by atoms with Crippen molar-refractivity contribution in [3.05, 3.63) is 200 Å². The molecule has 0 amide bonds. The third-order valence-electron chi connectivity index (χ3n) is 12.4. The zero-order valence-electron chi connectivity index (χ0n) is 32.3. The van der Waals surface area contributed by atoms with E-state index in [2.05, 4.69) is 194 Å². The highest BCUT2D eigenvalue weighted by atomic mass is 32.1. The summed E-state index contributed by atoms with van der Waals surface area (Å²) < 4.78 is 9.07. The van der Waals surface area contributed by atoms with Gasteiger partial charge in [-0.2, -0.15) is 0 Å². The second-order valence-corrected chi connectivity index (χ2v) is 17.0. The molecule has 0 N–H and O–H groups in total. The smallest absolute Gasteiger partial charge is 0.136 e. The van der Waals surface area contributed by atoms with E-state index in [1.807, 2.05) is 17.4 Å². The van der Waals surface area contributed by atoms with E-state index >= 15 is 0 Å². The van der Waals surface area contributed by atoms with E-state index in [-0.39, 0.29) is 0 Å². The summed E-state index contributed by atoms with van der Waals surface area (Å²) in [6.45, 7) is 0. The lowest BCUT2D eigenvalue weighted by atomic mass is 9.93. The van der Waals surface area contributed by atoms with Crippen molar-refractivity contribution in [3.8, 4) is 44.6 Å². The molecule has 0 fully saturated rings. The van der Waals surface area contributed by atoms with Crippen LogP contribution in [-0.2, 0) is 0 Å². The van der Waals surface area contributed by atoms with Crippen molar-refractivity contribution in [3.63, 3.8) is 0 Å². The zero-order chi connectivity index (χ0) is 39.3. The van der Waals surface area contributed by atoms with Gasteiger partial charge in [-0.1, -0.05) is 133 Å². The number of para-hydroxylation sites is 1. The van der Waals surface area contributed by atoms with Crippen LogP contribution >= 0.6 is 11.3 Å². The number of nitrogens with zero attached hydrogens (tertiary/aromatic N) is 1. The predicted octanol–water partition coefficient (Wildman–Crippen LogP) is 16.6. The van der Waals surface area contributed by atoms with Gasteiger partial charge >= 0.3 is 0 Å². The number of furan rings is 1. The number of aromatic nitrogens is 1. The molecule has 60 heavy (non-hydrogen) atoms. The fraction of sp³-hybridized carbons (Fsp3) is 0. The summed E-state index contributed by atoms with van der Waals surface area (Å²) in [7, 11) is 0. The van der Waals surface area contributed by atoms with Crippen LogP contribution in [0.15, 0.2) is 205 Å². The van der Waals surface area contributed by atoms with Gasteiger partial charge in [0.25, 0.3) is 0 Å². The summed E-state index contributed by atoms with van der Waals surface area (Å²) >= 11 is 1.87. The molecule has 278 valence electrons. The maximum atomic E-state index is 6.40. The minimum atomic E-state index is 0.888. The minimum absolute atomic E-state index is 0.888. The van der Waals surface area contributed by atoms with Crippen molar-refractivity contribution in [2.24, 2.45) is 0 Å². The molecule has 0 saturated heterocycles. The standard InChI is InChI=1S/C57H33NOS/c1-2-8-34(9-3-1)57-48-25-27-52-56(47-11-4-6-12-51(47)59-52)55(48)49-32-43(23-26-50(49)58-57)41-20-18-37-28-35(14-16-39(37)30-41)36-15-17-40-31-42(21-19-38(40)29-36)44-22-24-46-45-10-5-7-13-53(45)60-54(46)33-44/h1-33H. The summed E-state index contributed by atoms with van der Waals surface area (Å²) in [6.07, 6.45) is 0. The molecule has 0 aliphatic carbocycles. The Morgan fingerprint density at radius 3 is 1.55 bits per heavy atom. The van der Waals surface area contributed by atoms with E-state index < -0.39 is 0 Å². The second-order valence-electron chi connectivity index (χ2n) is 15.9. The van der Waals surface area contributed by atoms with Crippen molar-refractivity contribution >= 4 is 96.7 Å². The van der Waals surface area contributed by atoms with Crippen LogP contribution in [0, 0.1) is 0 Å². The van der Waals surface area contributed by atoms with Gasteiger partial charge in [-0.25, -0.2) is 4.98 Å². The van der Waals surface area contributed by atoms with E-state index in [1.165, 1.54) is 74.9 Å². The van der Waals surface area contributed by atoms with E-state index in [0.717, 1.165) is 55.0 Å². The molecule has 0 aliphatic heterocycles. The van der Waals surface area contributed by atoms with Gasteiger partial charge in [0.15, 0.2) is 0 Å². The summed E-state index contributed by atoms with van der Waals surface area (Å²) in [6, 6.07) is 72.8. The number of rotatable bonds is 4. The molecule has 3 aromatic heterocycles. The molecule has 2 nitrogen and oxygen atoms in total. The van der Waals surface area contributed by atoms with Gasteiger partial charge in [0.05, 0.1) is 11.2 Å². The molecule has 0 aliphatic rings. The monoisotopic (exact) mass is 779 g/mol. The van der Waals surface area contributed by atoms with Gasteiger partial charge in [0.1, 0.15) is 11.2 Å². The Hall–Kier alpha value is -7.59. The van der Waals surface area contributed by atoms with Gasteiger partial charge < -0.3 is 4.42 Å². The molecule has 13 rings (SSSR count). The first kappa shape index (κ1) is 33.4. The highest BCUT2D eigenvalue weighted by Gasteiger charge is 2.18. The molecule has 0 spiro atoms. The van der Waals surface area contributed by atoms with Crippen LogP contribution in [0.25, 0.3) is 130 Å². The van der Waals surface area contributed by atoms with Crippen LogP contribution in [0.3, 0.4) is 0 Å². The summed E-state index contributed by atoms with van der Waals surface area (Å²) in [4.78, 5) is 5.29. The molecule has 13 aromatic rings. The Labute approximate surface area is 349 Å². The van der Waals surface area contributed by atoms with Crippen molar-refractivity contribution in [2.45, 2.75) is 0 Å². The average molecular weight is 780 g/mol. The molecular weight excluding hydrogens is 747 g/mol. The Balaban J connectivity index is 0.866. The summed E-state index contributed by atoms with van der Waals surface area (Å²) in [5, 5.41) is 13.3. The van der Waals surface area contributed by atoms with E-state index in [9.17, 15) is 0 Å². The van der Waals surface area contributed by atoms with Gasteiger partial charge in [0, 0.05) is 52.7 Å². The van der Waals surface area contributed by atoms with Gasteiger partial charge in [-0.15, -0.1) is 11.3 Å². The Bertz CT molecular complexity index is 3890. The lowest BCUT2D eigenvalue weighted by Crippen LogP contribution is -1.91. The molecule has 0 radical (unpaired) electrons. The van der Waals surface area contributed by atoms with E-state index in [4.69, 9.17) is 9.40 Å². The first-order valence-corrected chi connectivity index (χ1v) is 21.2. The lowest BCUT2D eigenvalue weighted by Gasteiger charge is -2.13. The highest BCUT2D eigenvalue weighted by Crippen LogP contribution is 2.43. The Morgan fingerprint density at radius 2 is 0.850 bits per heavy atom. The number of pyridine rings is 1. The quantitative estimate of drug-likeness (QED) is 0.166. The number of fused-ring (bicyclic) bond motifs is 12. The highest BCUT2D eigenvalue weighted by molar-refractivity contribution is 7.25. The van der Waals surface area contributed by atoms with Crippen LogP contribution in [-0.4, -0.2) is 4.98 Å². The van der Waals surface area contributed by atoms with Gasteiger partial charge in [-0.05, 0) is 122 Å². The van der Waals surface area contributed by atoms with Crippen LogP contribution < -0.4 is 0 Å². The number of benzene rings is 10. The van der Waals surface area contributed by atoms with Crippen LogP contribution in [0.5, 0.6) is 0 Å². The largest absolute Gasteiger partial charge is 0.456 e. The van der Waals surface area contributed by atoms with E-state index in [0.29, 0.717) is 0 Å². The molecular formula is C57H33NOS. The summed E-state index contributed by atoms with van der Waals surface area (Å²) in [5.41, 5.74) is 12.1. The third kappa shape index (κ3) is 5.23. The molecule has 3 heteroatoms. The Kier molecular flexibility index (Phi) is 7.21. The molecule has 0 atom stereocenters. The van der Waals surface area contributed by atoms with Crippen LogP contribution in [0.4, 0.5) is 0 Å². The molecule has 0 unspecified atom stereocenters. The fourth-order valence-electron chi connectivity index (χ4n) is 9.42. The van der Waals surface area contributed by atoms with Gasteiger partial charge in [0.2, 0.25) is 0 Å². The molecule has 3 heterocycles. The maximum absolute atomic E-state index is 6.40. The number of hydrogen-bond acceptors (Lipinski definition) is 3. The first-order chi connectivity index (χ1) is 29.7. The normalized spacial score (nSPS) is 12.0. The molecule has 0 saturated carbocycles. The lowest BCUT2D eigenvalue weighted by molar-refractivity contribution is 0.669. The fourth-order valence-corrected chi connectivity index (χ4v) is 10.6. The molecule has 10 aromatic carbocycles. The number of hydrogen-bond donors (Lipinski definition) is 0. The van der Waals surface area contributed by atoms with Crippen LogP contribution in [0.1, 0.15) is 0 Å². The minimum Gasteiger partial charge on any atom is -0.456 e. The van der Waals surface area contributed by atoms with Crippen molar-refractivity contribution in [1.29, 1.82) is 0 Å². The van der Waals surface area contributed by atoms with Crippen molar-refractivity contribution in [1.82, 2.24) is 4.98 Å². The number of thiophene rings is 1. The first-order valence-electron chi connectivity index (χ1n) is 20.4. The average Bonchev–Trinajstić information content (AvgIpc) is 3.89.